The molecule has 0 spiro atoms. The second-order valence-electron chi connectivity index (χ2n) is 7.45. The zero-order valence-electron chi connectivity index (χ0n) is 18.0. The molecule has 1 amide bonds. The van der Waals surface area contributed by atoms with E-state index in [0.29, 0.717) is 39.6 Å². The zero-order chi connectivity index (χ0) is 23.7. The number of hydrogen-bond acceptors (Lipinski definition) is 7. The number of aromatic nitrogens is 5. The summed E-state index contributed by atoms with van der Waals surface area (Å²) in [6, 6.07) is 14.3. The number of halogens is 1. The molecule has 0 aliphatic carbocycles. The van der Waals surface area contributed by atoms with Crippen molar-refractivity contribution in [3.63, 3.8) is 0 Å². The average Bonchev–Trinajstić information content (AvgIpc) is 3.29. The molecule has 0 bridgehead atoms. The number of carbonyl (C=O) groups is 1. The van der Waals surface area contributed by atoms with E-state index in [9.17, 15) is 9.18 Å². The molecule has 2 aromatic carbocycles. The number of anilines is 3. The maximum atomic E-state index is 13.1. The van der Waals surface area contributed by atoms with Gasteiger partial charge in [0.05, 0.1) is 5.52 Å². The molecule has 0 atom stereocenters. The van der Waals surface area contributed by atoms with Crippen LogP contribution >= 0.6 is 0 Å². The Hall–Kier alpha value is -4.86. The molecule has 9 nitrogen and oxygen atoms in total. The lowest BCUT2D eigenvalue weighted by Gasteiger charge is -2.13. The molecule has 3 heterocycles. The van der Waals surface area contributed by atoms with Crippen molar-refractivity contribution in [2.45, 2.75) is 6.92 Å². The quantitative estimate of drug-likeness (QED) is 0.349. The van der Waals surface area contributed by atoms with E-state index in [1.54, 1.807) is 35.0 Å². The summed E-state index contributed by atoms with van der Waals surface area (Å²) in [5.41, 5.74) is 3.44. The van der Waals surface area contributed by atoms with Crippen molar-refractivity contribution >= 4 is 39.6 Å². The molecule has 0 saturated carbocycles. The third-order valence-corrected chi connectivity index (χ3v) is 5.06. The van der Waals surface area contributed by atoms with E-state index in [4.69, 9.17) is 4.74 Å². The van der Waals surface area contributed by atoms with Crippen LogP contribution in [0.25, 0.3) is 16.6 Å². The molecule has 0 saturated heterocycles. The number of nitrogens with one attached hydrogen (secondary N) is 2. The Balaban J connectivity index is 1.39. The molecule has 5 rings (SSSR count). The maximum Gasteiger partial charge on any atom is 0.283 e. The number of carbonyl (C=O) groups excluding carboxylic acids is 1. The van der Waals surface area contributed by atoms with Gasteiger partial charge in [-0.05, 0) is 55.0 Å². The summed E-state index contributed by atoms with van der Waals surface area (Å²) in [4.78, 5) is 24.4. The van der Waals surface area contributed by atoms with Gasteiger partial charge >= 0.3 is 0 Å². The molecular weight excluding hydrogens is 437 g/mol. The first-order valence-electron chi connectivity index (χ1n) is 10.2. The van der Waals surface area contributed by atoms with Crippen LogP contribution in [0.1, 0.15) is 5.56 Å². The first-order chi connectivity index (χ1) is 16.5. The monoisotopic (exact) mass is 455 g/mol. The van der Waals surface area contributed by atoms with E-state index >= 15 is 0 Å². The minimum absolute atomic E-state index is 0.402. The molecule has 10 heteroatoms. The van der Waals surface area contributed by atoms with Crippen LogP contribution in [-0.4, -0.2) is 30.5 Å². The first-order valence-corrected chi connectivity index (χ1v) is 10.2. The van der Waals surface area contributed by atoms with E-state index in [-0.39, 0.29) is 0 Å². The van der Waals surface area contributed by atoms with Gasteiger partial charge in [-0.25, -0.2) is 23.9 Å². The van der Waals surface area contributed by atoms with E-state index in [1.807, 2.05) is 31.2 Å². The Kier molecular flexibility index (Phi) is 5.30. The zero-order valence-corrected chi connectivity index (χ0v) is 18.0. The highest BCUT2D eigenvalue weighted by atomic mass is 19.1. The molecule has 0 radical (unpaired) electrons. The molecule has 3 aromatic heterocycles. The fraction of sp³-hybridized carbons (Fsp3) is 0.0417. The third kappa shape index (κ3) is 4.24. The van der Waals surface area contributed by atoms with Gasteiger partial charge in [-0.2, -0.15) is 5.10 Å². The minimum Gasteiger partial charge on any atom is -0.457 e. The molecule has 0 aliphatic heterocycles. The molecule has 0 unspecified atom stereocenters. The minimum atomic E-state index is -1.07. The van der Waals surface area contributed by atoms with Crippen molar-refractivity contribution in [1.82, 2.24) is 24.6 Å². The smallest absolute Gasteiger partial charge is 0.283 e. The van der Waals surface area contributed by atoms with E-state index in [2.05, 4.69) is 37.3 Å². The second-order valence-corrected chi connectivity index (χ2v) is 7.45. The van der Waals surface area contributed by atoms with Crippen LogP contribution in [0.5, 0.6) is 11.5 Å². The highest BCUT2D eigenvalue weighted by Gasteiger charge is 2.11. The summed E-state index contributed by atoms with van der Waals surface area (Å²) < 4.78 is 20.7. The van der Waals surface area contributed by atoms with E-state index < -0.39 is 11.7 Å². The van der Waals surface area contributed by atoms with Crippen molar-refractivity contribution in [2.24, 2.45) is 0 Å². The lowest BCUT2D eigenvalue weighted by Crippen LogP contribution is -2.11. The lowest BCUT2D eigenvalue weighted by molar-refractivity contribution is -0.114. The number of ether oxygens (including phenoxy) is 1. The van der Waals surface area contributed by atoms with Crippen LogP contribution in [-0.2, 0) is 4.79 Å². The van der Waals surface area contributed by atoms with Gasteiger partial charge < -0.3 is 15.4 Å². The number of pyridine rings is 1. The highest BCUT2D eigenvalue weighted by molar-refractivity contribution is 6.03. The van der Waals surface area contributed by atoms with Crippen LogP contribution in [0, 0.1) is 6.92 Å². The van der Waals surface area contributed by atoms with Gasteiger partial charge in [0.25, 0.3) is 5.91 Å². The summed E-state index contributed by atoms with van der Waals surface area (Å²) in [5.74, 6) is -0.0949. The van der Waals surface area contributed by atoms with Crippen LogP contribution in [0.3, 0.4) is 0 Å². The molecule has 0 fully saturated rings. The van der Waals surface area contributed by atoms with Crippen LogP contribution < -0.4 is 15.4 Å². The van der Waals surface area contributed by atoms with Gasteiger partial charge in [0, 0.05) is 29.0 Å². The summed E-state index contributed by atoms with van der Waals surface area (Å²) in [7, 11) is 0. The topological polar surface area (TPSA) is 106 Å². The molecule has 34 heavy (non-hydrogen) atoms. The summed E-state index contributed by atoms with van der Waals surface area (Å²) in [5, 5.41) is 10.5. The van der Waals surface area contributed by atoms with Gasteiger partial charge in [0.15, 0.2) is 11.5 Å². The summed E-state index contributed by atoms with van der Waals surface area (Å²) in [6.07, 6.45) is 4.71. The third-order valence-electron chi connectivity index (χ3n) is 5.06. The van der Waals surface area contributed by atoms with E-state index in [1.165, 1.54) is 12.7 Å². The van der Waals surface area contributed by atoms with Crippen LogP contribution in [0.4, 0.5) is 21.6 Å². The summed E-state index contributed by atoms with van der Waals surface area (Å²) in [6.45, 7) is 4.94. The van der Waals surface area contributed by atoms with Crippen molar-refractivity contribution in [3.05, 3.63) is 85.4 Å². The number of fused-ring (bicyclic) bond motifs is 2. The van der Waals surface area contributed by atoms with Crippen LogP contribution in [0.15, 0.2) is 79.8 Å². The number of benzene rings is 2. The fourth-order valence-corrected chi connectivity index (χ4v) is 3.40. The van der Waals surface area contributed by atoms with Crippen molar-refractivity contribution < 1.29 is 13.9 Å². The Bertz CT molecular complexity index is 1560. The van der Waals surface area contributed by atoms with Crippen LogP contribution in [0.2, 0.25) is 0 Å². The standard InChI is InChI=1S/C24H18FN7O2/c1-14-9-16(4-6-21(14)34-18-7-8-32-22(11-18)27-13-29-32)30-23-19-10-17(31-24(33)15(2)25)3-5-20(19)26-12-28-23/h3-13H,2H2,1H3,(H,31,33)(H,26,28,30). The highest BCUT2D eigenvalue weighted by Crippen LogP contribution is 2.30. The number of hydrogen-bond donors (Lipinski definition) is 2. The largest absolute Gasteiger partial charge is 0.457 e. The van der Waals surface area contributed by atoms with Gasteiger partial charge in [-0.3, -0.25) is 4.79 Å². The number of rotatable bonds is 6. The maximum absolute atomic E-state index is 13.1. The first kappa shape index (κ1) is 21.0. The van der Waals surface area contributed by atoms with Gasteiger partial charge in [-0.15, -0.1) is 0 Å². The predicted molar refractivity (Wildman–Crippen MR) is 126 cm³/mol. The molecule has 168 valence electrons. The van der Waals surface area contributed by atoms with Crippen molar-refractivity contribution in [2.75, 3.05) is 10.6 Å². The van der Waals surface area contributed by atoms with Crippen molar-refractivity contribution in [1.29, 1.82) is 0 Å². The normalized spacial score (nSPS) is 10.9. The average molecular weight is 455 g/mol. The SMILES string of the molecule is C=C(F)C(=O)Nc1ccc2ncnc(Nc3ccc(Oc4ccn5ncnc5c4)c(C)c3)c2c1. The van der Waals surface area contributed by atoms with Gasteiger partial charge in [-0.1, -0.05) is 6.58 Å². The van der Waals surface area contributed by atoms with Gasteiger partial charge in [0.1, 0.15) is 30.0 Å². The molecular formula is C24H18FN7O2. The Morgan fingerprint density at radius 2 is 1.88 bits per heavy atom. The Labute approximate surface area is 193 Å². The lowest BCUT2D eigenvalue weighted by atomic mass is 10.1. The molecule has 5 aromatic rings. The summed E-state index contributed by atoms with van der Waals surface area (Å²) >= 11 is 0. The van der Waals surface area contributed by atoms with Crippen molar-refractivity contribution in [3.8, 4) is 11.5 Å². The van der Waals surface area contributed by atoms with Gasteiger partial charge in [0.2, 0.25) is 0 Å². The number of amides is 1. The van der Waals surface area contributed by atoms with E-state index in [0.717, 1.165) is 11.3 Å². The molecule has 0 aliphatic rings. The molecule has 2 N–H and O–H groups in total. The Morgan fingerprint density at radius 1 is 1.03 bits per heavy atom. The fourth-order valence-electron chi connectivity index (χ4n) is 3.40. The number of aryl methyl sites for hydroxylation is 1. The number of nitrogens with zero attached hydrogens (tertiary/aromatic N) is 5. The Morgan fingerprint density at radius 3 is 2.71 bits per heavy atom. The predicted octanol–water partition coefficient (Wildman–Crippen LogP) is 4.94. The second kappa shape index (κ2) is 8.58.